The van der Waals surface area contributed by atoms with E-state index in [9.17, 15) is 13.2 Å². The van der Waals surface area contributed by atoms with Gasteiger partial charge in [-0.15, -0.1) is 13.2 Å². The van der Waals surface area contributed by atoms with Gasteiger partial charge in [0.05, 0.1) is 0 Å². The van der Waals surface area contributed by atoms with Crippen LogP contribution in [0.3, 0.4) is 0 Å². The molecule has 1 aromatic heterocycles. The first-order chi connectivity index (χ1) is 7.56. The number of para-hydroxylation sites is 1. The van der Waals surface area contributed by atoms with E-state index in [1.54, 1.807) is 6.07 Å². The molecule has 0 fully saturated rings. The summed E-state index contributed by atoms with van der Waals surface area (Å²) in [7, 11) is 0. The lowest BCUT2D eigenvalue weighted by atomic mass is 10.1. The van der Waals surface area contributed by atoms with Crippen LogP contribution in [0.2, 0.25) is 0 Å². The van der Waals surface area contributed by atoms with Crippen LogP contribution in [0.1, 0.15) is 0 Å². The van der Waals surface area contributed by atoms with Crippen LogP contribution in [0.15, 0.2) is 41.1 Å². The minimum absolute atomic E-state index is 0.230. The van der Waals surface area contributed by atoms with E-state index in [1.807, 2.05) is 0 Å². The van der Waals surface area contributed by atoms with Crippen molar-refractivity contribution in [1.29, 1.82) is 0 Å². The number of nitrogens with zero attached hydrogens (tertiary/aromatic N) is 1. The van der Waals surface area contributed by atoms with Crippen LogP contribution in [0.25, 0.3) is 11.3 Å². The number of hydrogen-bond donors (Lipinski definition) is 0. The second-order valence-electron chi connectivity index (χ2n) is 2.93. The number of rotatable bonds is 2. The average Bonchev–Trinajstić information content (AvgIpc) is 2.69. The van der Waals surface area contributed by atoms with Gasteiger partial charge in [-0.2, -0.15) is 0 Å². The van der Waals surface area contributed by atoms with Crippen molar-refractivity contribution in [2.75, 3.05) is 0 Å². The fraction of sp³-hybridized carbons (Fsp3) is 0.100. The molecule has 0 aliphatic rings. The highest BCUT2D eigenvalue weighted by Crippen LogP contribution is 2.32. The van der Waals surface area contributed by atoms with E-state index >= 15 is 0 Å². The first kappa shape index (κ1) is 10.5. The summed E-state index contributed by atoms with van der Waals surface area (Å²) in [6.07, 6.45) is -3.44. The molecule has 0 saturated heterocycles. The van der Waals surface area contributed by atoms with Crippen LogP contribution in [0, 0.1) is 0 Å². The van der Waals surface area contributed by atoms with Crippen molar-refractivity contribution in [2.24, 2.45) is 0 Å². The normalized spacial score (nSPS) is 11.4. The van der Waals surface area contributed by atoms with Crippen molar-refractivity contribution in [2.45, 2.75) is 6.36 Å². The summed E-state index contributed by atoms with van der Waals surface area (Å²) in [4.78, 5) is 0. The Bertz CT molecular complexity index is 465. The Labute approximate surface area is 88.4 Å². The van der Waals surface area contributed by atoms with Gasteiger partial charge in [-0.25, -0.2) is 0 Å². The lowest BCUT2D eigenvalue weighted by Gasteiger charge is -2.11. The monoisotopic (exact) mass is 229 g/mol. The molecule has 0 radical (unpaired) electrons. The summed E-state index contributed by atoms with van der Waals surface area (Å²) in [5.74, 6) is -0.302. The molecule has 0 amide bonds. The van der Waals surface area contributed by atoms with Crippen LogP contribution in [0.5, 0.6) is 5.75 Å². The molecule has 0 aliphatic carbocycles. The third-order valence-electron chi connectivity index (χ3n) is 1.83. The zero-order valence-electron chi connectivity index (χ0n) is 7.86. The number of aromatic nitrogens is 1. The summed E-state index contributed by atoms with van der Waals surface area (Å²) in [5.41, 5.74) is 0.522. The zero-order chi connectivity index (χ0) is 11.6. The molecule has 16 heavy (non-hydrogen) atoms. The largest absolute Gasteiger partial charge is 0.573 e. The predicted molar refractivity (Wildman–Crippen MR) is 48.6 cm³/mol. The summed E-state index contributed by atoms with van der Waals surface area (Å²) < 4.78 is 44.7. The van der Waals surface area contributed by atoms with Crippen LogP contribution < -0.4 is 4.74 Å². The van der Waals surface area contributed by atoms with Gasteiger partial charge in [0.15, 0.2) is 0 Å². The average molecular weight is 229 g/mol. The molecule has 3 nitrogen and oxygen atoms in total. The smallest absolute Gasteiger partial charge is 0.405 e. The second kappa shape index (κ2) is 3.88. The third kappa shape index (κ3) is 2.33. The summed E-state index contributed by atoms with van der Waals surface area (Å²) in [6, 6.07) is 7.19. The molecule has 84 valence electrons. The van der Waals surface area contributed by atoms with Crippen molar-refractivity contribution in [1.82, 2.24) is 5.16 Å². The summed E-state index contributed by atoms with van der Waals surface area (Å²) in [5, 5.41) is 3.55. The molecule has 0 aliphatic heterocycles. The molecule has 1 aromatic carbocycles. The fourth-order valence-corrected chi connectivity index (χ4v) is 1.24. The first-order valence-electron chi connectivity index (χ1n) is 4.32. The van der Waals surface area contributed by atoms with E-state index < -0.39 is 6.36 Å². The van der Waals surface area contributed by atoms with Crippen molar-refractivity contribution in [3.8, 4) is 17.0 Å². The second-order valence-corrected chi connectivity index (χ2v) is 2.93. The lowest BCUT2D eigenvalue weighted by molar-refractivity contribution is -0.274. The van der Waals surface area contributed by atoms with Crippen LogP contribution in [-0.2, 0) is 0 Å². The Hall–Kier alpha value is -1.98. The van der Waals surface area contributed by atoms with Crippen molar-refractivity contribution in [3.05, 3.63) is 36.6 Å². The quantitative estimate of drug-likeness (QED) is 0.792. The predicted octanol–water partition coefficient (Wildman–Crippen LogP) is 3.24. The van der Waals surface area contributed by atoms with E-state index in [2.05, 4.69) is 14.4 Å². The van der Waals surface area contributed by atoms with Crippen molar-refractivity contribution < 1.29 is 22.4 Å². The highest BCUT2D eigenvalue weighted by molar-refractivity contribution is 5.66. The van der Waals surface area contributed by atoms with Crippen molar-refractivity contribution >= 4 is 0 Å². The van der Waals surface area contributed by atoms with Gasteiger partial charge >= 0.3 is 6.36 Å². The Kier molecular flexibility index (Phi) is 2.55. The van der Waals surface area contributed by atoms with Gasteiger partial charge < -0.3 is 9.26 Å². The molecule has 2 aromatic rings. The van der Waals surface area contributed by atoms with Gasteiger partial charge in [-0.1, -0.05) is 17.3 Å². The number of alkyl halides is 3. The number of halogens is 3. The maximum Gasteiger partial charge on any atom is 0.573 e. The van der Waals surface area contributed by atoms with E-state index in [0.29, 0.717) is 5.69 Å². The molecule has 0 spiro atoms. The molecule has 0 N–H and O–H groups in total. The highest BCUT2D eigenvalue weighted by atomic mass is 19.4. The third-order valence-corrected chi connectivity index (χ3v) is 1.83. The van der Waals surface area contributed by atoms with Gasteiger partial charge in [0, 0.05) is 11.6 Å². The maximum absolute atomic E-state index is 12.1. The summed E-state index contributed by atoms with van der Waals surface area (Å²) >= 11 is 0. The highest BCUT2D eigenvalue weighted by Gasteiger charge is 2.32. The molecule has 0 saturated carbocycles. The number of ether oxygens (including phenoxy) is 1. The molecular weight excluding hydrogens is 223 g/mol. The van der Waals surface area contributed by atoms with Gasteiger partial charge in [-0.3, -0.25) is 0 Å². The van der Waals surface area contributed by atoms with E-state index in [1.165, 1.54) is 30.5 Å². The lowest BCUT2D eigenvalue weighted by Crippen LogP contribution is -2.17. The Morgan fingerprint density at radius 1 is 1.12 bits per heavy atom. The summed E-state index contributed by atoms with van der Waals surface area (Å²) in [6.45, 7) is 0. The van der Waals surface area contributed by atoms with Gasteiger partial charge in [0.2, 0.25) is 0 Å². The molecule has 0 bridgehead atoms. The van der Waals surface area contributed by atoms with Gasteiger partial charge in [-0.05, 0) is 12.1 Å². The molecular formula is C10H6F3NO2. The topological polar surface area (TPSA) is 35.3 Å². The Balaban J connectivity index is 2.39. The van der Waals surface area contributed by atoms with Gasteiger partial charge in [0.1, 0.15) is 17.7 Å². The molecule has 0 atom stereocenters. The number of hydrogen-bond acceptors (Lipinski definition) is 3. The molecule has 1 heterocycles. The SMILES string of the molecule is FC(F)(F)Oc1ccccc1-c1ccon1. The zero-order valence-corrected chi connectivity index (χ0v) is 7.86. The van der Waals surface area contributed by atoms with Crippen LogP contribution in [-0.4, -0.2) is 11.5 Å². The Morgan fingerprint density at radius 3 is 2.50 bits per heavy atom. The van der Waals surface area contributed by atoms with Gasteiger partial charge in [0.25, 0.3) is 0 Å². The molecule has 6 heteroatoms. The minimum atomic E-state index is -4.72. The molecule has 0 unspecified atom stereocenters. The fourth-order valence-electron chi connectivity index (χ4n) is 1.24. The molecule has 2 rings (SSSR count). The van der Waals surface area contributed by atoms with Crippen molar-refractivity contribution in [3.63, 3.8) is 0 Å². The van der Waals surface area contributed by atoms with Crippen LogP contribution >= 0.6 is 0 Å². The number of benzene rings is 1. The van der Waals surface area contributed by atoms with E-state index in [0.717, 1.165) is 0 Å². The van der Waals surface area contributed by atoms with E-state index in [-0.39, 0.29) is 11.3 Å². The standard InChI is InChI=1S/C10H6F3NO2/c11-10(12,13)16-9-4-2-1-3-7(9)8-5-6-15-14-8/h1-6H. The van der Waals surface area contributed by atoms with E-state index in [4.69, 9.17) is 0 Å². The maximum atomic E-state index is 12.1. The minimum Gasteiger partial charge on any atom is -0.405 e. The Morgan fingerprint density at radius 2 is 1.88 bits per heavy atom. The first-order valence-corrected chi connectivity index (χ1v) is 4.32. The van der Waals surface area contributed by atoms with Crippen LogP contribution in [0.4, 0.5) is 13.2 Å².